The third kappa shape index (κ3) is 3.15. The largest absolute Gasteiger partial charge is 0.311 e. The van der Waals surface area contributed by atoms with Gasteiger partial charge in [0.05, 0.1) is 11.7 Å². The van der Waals surface area contributed by atoms with E-state index in [4.69, 9.17) is 0 Å². The van der Waals surface area contributed by atoms with Gasteiger partial charge in [-0.1, -0.05) is 28.1 Å². The molecule has 1 aromatic carbocycles. The molecule has 0 aliphatic carbocycles. The topological polar surface area (TPSA) is 24.9 Å². The number of pyridine rings is 1. The van der Waals surface area contributed by atoms with Crippen LogP contribution in [0.3, 0.4) is 0 Å². The lowest BCUT2D eigenvalue weighted by Gasteiger charge is -2.16. The van der Waals surface area contributed by atoms with Crippen LogP contribution in [0.2, 0.25) is 0 Å². The number of halogens is 2. The second kappa shape index (κ2) is 6.07. The Morgan fingerprint density at radius 1 is 1.28 bits per heavy atom. The molecule has 0 fully saturated rings. The fourth-order valence-electron chi connectivity index (χ4n) is 1.85. The SMILES string of the molecule is CNC(Cc1ccc(Br)cc1)c1ncccc1F. The summed E-state index contributed by atoms with van der Waals surface area (Å²) >= 11 is 3.40. The zero-order chi connectivity index (χ0) is 13.0. The van der Waals surface area contributed by atoms with E-state index in [9.17, 15) is 4.39 Å². The molecule has 4 heteroatoms. The summed E-state index contributed by atoms with van der Waals surface area (Å²) in [5, 5.41) is 3.11. The third-order valence-electron chi connectivity index (χ3n) is 2.82. The van der Waals surface area contributed by atoms with E-state index in [1.807, 2.05) is 31.3 Å². The maximum absolute atomic E-state index is 13.7. The molecule has 1 atom stereocenters. The Balaban J connectivity index is 2.20. The Labute approximate surface area is 114 Å². The Kier molecular flexibility index (Phi) is 4.44. The molecule has 94 valence electrons. The molecule has 1 N–H and O–H groups in total. The number of nitrogens with one attached hydrogen (secondary N) is 1. The van der Waals surface area contributed by atoms with E-state index in [-0.39, 0.29) is 11.9 Å². The van der Waals surface area contributed by atoms with E-state index in [1.165, 1.54) is 6.07 Å². The molecule has 0 amide bonds. The van der Waals surface area contributed by atoms with Crippen LogP contribution in [-0.4, -0.2) is 12.0 Å². The van der Waals surface area contributed by atoms with Crippen molar-refractivity contribution in [3.63, 3.8) is 0 Å². The van der Waals surface area contributed by atoms with Crippen LogP contribution in [0, 0.1) is 5.82 Å². The molecule has 0 saturated carbocycles. The van der Waals surface area contributed by atoms with Gasteiger partial charge in [-0.25, -0.2) is 4.39 Å². The first kappa shape index (κ1) is 13.2. The average molecular weight is 309 g/mol. The van der Waals surface area contributed by atoms with E-state index in [1.54, 1.807) is 12.3 Å². The molecule has 1 unspecified atom stereocenters. The molecular weight excluding hydrogens is 295 g/mol. The highest BCUT2D eigenvalue weighted by molar-refractivity contribution is 9.10. The van der Waals surface area contributed by atoms with Crippen LogP contribution in [0.25, 0.3) is 0 Å². The van der Waals surface area contributed by atoms with Crippen LogP contribution >= 0.6 is 15.9 Å². The molecule has 0 spiro atoms. The zero-order valence-electron chi connectivity index (χ0n) is 10.0. The summed E-state index contributed by atoms with van der Waals surface area (Å²) in [6, 6.07) is 10.9. The van der Waals surface area contributed by atoms with E-state index in [0.717, 1.165) is 10.0 Å². The highest BCUT2D eigenvalue weighted by Gasteiger charge is 2.15. The molecule has 0 aliphatic rings. The van der Waals surface area contributed by atoms with E-state index < -0.39 is 0 Å². The molecule has 1 aromatic heterocycles. The van der Waals surface area contributed by atoms with Crippen molar-refractivity contribution in [2.24, 2.45) is 0 Å². The monoisotopic (exact) mass is 308 g/mol. The van der Waals surface area contributed by atoms with Crippen LogP contribution < -0.4 is 5.32 Å². The van der Waals surface area contributed by atoms with Crippen LogP contribution in [0.5, 0.6) is 0 Å². The minimum absolute atomic E-state index is 0.118. The van der Waals surface area contributed by atoms with Gasteiger partial charge in [-0.2, -0.15) is 0 Å². The lowest BCUT2D eigenvalue weighted by molar-refractivity contribution is 0.517. The molecule has 0 aliphatic heterocycles. The standard InChI is InChI=1S/C14H14BrFN2/c1-17-13(14-12(16)3-2-8-18-14)9-10-4-6-11(15)7-5-10/h2-8,13,17H,9H2,1H3. The molecule has 0 bridgehead atoms. The normalized spacial score (nSPS) is 12.4. The quantitative estimate of drug-likeness (QED) is 0.935. The van der Waals surface area contributed by atoms with Crippen LogP contribution in [0.1, 0.15) is 17.3 Å². The fraction of sp³-hybridized carbons (Fsp3) is 0.214. The highest BCUT2D eigenvalue weighted by atomic mass is 79.9. The Morgan fingerprint density at radius 2 is 2.00 bits per heavy atom. The molecule has 2 nitrogen and oxygen atoms in total. The van der Waals surface area contributed by atoms with Gasteiger partial charge in [0, 0.05) is 10.7 Å². The molecule has 1 heterocycles. The summed E-state index contributed by atoms with van der Waals surface area (Å²) in [5.74, 6) is -0.269. The first-order valence-electron chi connectivity index (χ1n) is 5.73. The zero-order valence-corrected chi connectivity index (χ0v) is 11.6. The number of hydrogen-bond donors (Lipinski definition) is 1. The van der Waals surface area contributed by atoms with Gasteiger partial charge in [0.15, 0.2) is 0 Å². The van der Waals surface area contributed by atoms with Gasteiger partial charge in [-0.15, -0.1) is 0 Å². The summed E-state index contributed by atoms with van der Waals surface area (Å²) < 4.78 is 14.7. The Bertz CT molecular complexity index is 513. The van der Waals surface area contributed by atoms with E-state index in [2.05, 4.69) is 26.2 Å². The van der Waals surface area contributed by atoms with Crippen molar-refractivity contribution in [3.8, 4) is 0 Å². The van der Waals surface area contributed by atoms with Gasteiger partial charge in [-0.3, -0.25) is 4.98 Å². The number of rotatable bonds is 4. The summed E-state index contributed by atoms with van der Waals surface area (Å²) in [5.41, 5.74) is 1.60. The lowest BCUT2D eigenvalue weighted by atomic mass is 10.0. The maximum Gasteiger partial charge on any atom is 0.146 e. The fourth-order valence-corrected chi connectivity index (χ4v) is 2.11. The number of likely N-dealkylation sites (N-methyl/N-ethyl adjacent to an activating group) is 1. The van der Waals surface area contributed by atoms with Crippen molar-refractivity contribution in [1.29, 1.82) is 0 Å². The van der Waals surface area contributed by atoms with Crippen LogP contribution in [0.15, 0.2) is 47.1 Å². The first-order valence-corrected chi connectivity index (χ1v) is 6.52. The molecule has 0 radical (unpaired) electrons. The molecule has 2 rings (SSSR count). The summed E-state index contributed by atoms with van der Waals surface area (Å²) in [6.07, 6.45) is 2.32. The molecular formula is C14H14BrFN2. The number of nitrogens with zero attached hydrogens (tertiary/aromatic N) is 1. The van der Waals surface area contributed by atoms with Crippen molar-refractivity contribution in [2.45, 2.75) is 12.5 Å². The molecule has 2 aromatic rings. The number of aromatic nitrogens is 1. The lowest BCUT2D eigenvalue weighted by Crippen LogP contribution is -2.21. The molecule has 0 saturated heterocycles. The summed E-state index contributed by atoms with van der Waals surface area (Å²) in [6.45, 7) is 0. The van der Waals surface area contributed by atoms with Gasteiger partial charge in [0.25, 0.3) is 0 Å². The Hall–Kier alpha value is -1.26. The predicted molar refractivity (Wildman–Crippen MR) is 73.8 cm³/mol. The van der Waals surface area contributed by atoms with Crippen molar-refractivity contribution < 1.29 is 4.39 Å². The summed E-state index contributed by atoms with van der Waals surface area (Å²) in [4.78, 5) is 4.12. The highest BCUT2D eigenvalue weighted by Crippen LogP contribution is 2.20. The maximum atomic E-state index is 13.7. The summed E-state index contributed by atoms with van der Waals surface area (Å²) in [7, 11) is 1.82. The van der Waals surface area contributed by atoms with Crippen molar-refractivity contribution in [1.82, 2.24) is 10.3 Å². The van der Waals surface area contributed by atoms with E-state index in [0.29, 0.717) is 12.1 Å². The number of benzene rings is 1. The van der Waals surface area contributed by atoms with Gasteiger partial charge in [-0.05, 0) is 43.3 Å². The number of hydrogen-bond acceptors (Lipinski definition) is 2. The average Bonchev–Trinajstić information content (AvgIpc) is 2.39. The van der Waals surface area contributed by atoms with Gasteiger partial charge in [0.2, 0.25) is 0 Å². The molecule has 18 heavy (non-hydrogen) atoms. The van der Waals surface area contributed by atoms with Gasteiger partial charge >= 0.3 is 0 Å². The smallest absolute Gasteiger partial charge is 0.146 e. The predicted octanol–water partition coefficient (Wildman–Crippen LogP) is 3.49. The van der Waals surface area contributed by atoms with E-state index >= 15 is 0 Å². The Morgan fingerprint density at radius 3 is 2.61 bits per heavy atom. The first-order chi connectivity index (χ1) is 8.70. The van der Waals surface area contributed by atoms with Crippen molar-refractivity contribution in [2.75, 3.05) is 7.05 Å². The van der Waals surface area contributed by atoms with Crippen LogP contribution in [-0.2, 0) is 6.42 Å². The minimum Gasteiger partial charge on any atom is -0.311 e. The minimum atomic E-state index is -0.269. The second-order valence-corrected chi connectivity index (χ2v) is 4.96. The van der Waals surface area contributed by atoms with Crippen molar-refractivity contribution >= 4 is 15.9 Å². The van der Waals surface area contributed by atoms with Crippen LogP contribution in [0.4, 0.5) is 4.39 Å². The van der Waals surface area contributed by atoms with Gasteiger partial charge < -0.3 is 5.32 Å². The van der Waals surface area contributed by atoms with Crippen molar-refractivity contribution in [3.05, 3.63) is 64.1 Å². The third-order valence-corrected chi connectivity index (χ3v) is 3.35. The van der Waals surface area contributed by atoms with Gasteiger partial charge in [0.1, 0.15) is 5.82 Å². The second-order valence-electron chi connectivity index (χ2n) is 4.04.